The lowest BCUT2D eigenvalue weighted by molar-refractivity contribution is -0.385. The van der Waals surface area contributed by atoms with Gasteiger partial charge in [-0.2, -0.15) is 11.8 Å². The Hall–Kier alpha value is -1.36. The number of nitrogen functional groups attached to an aromatic ring is 1. The van der Waals surface area contributed by atoms with Gasteiger partial charge < -0.3 is 5.43 Å². The second-order valence-electron chi connectivity index (χ2n) is 4.26. The maximum absolute atomic E-state index is 12.4. The lowest BCUT2D eigenvalue weighted by Crippen LogP contribution is -2.36. The van der Waals surface area contributed by atoms with E-state index in [2.05, 4.69) is 10.1 Å². The Morgan fingerprint density at radius 1 is 1.48 bits per heavy atom. The van der Waals surface area contributed by atoms with E-state index in [9.17, 15) is 18.5 Å². The molecule has 1 unspecified atom stereocenters. The van der Waals surface area contributed by atoms with Crippen LogP contribution in [0, 0.1) is 10.1 Å². The summed E-state index contributed by atoms with van der Waals surface area (Å²) in [5, 5.41) is 10.8. The number of non-ortho nitro benzene ring substituents is 1. The summed E-state index contributed by atoms with van der Waals surface area (Å²) in [5.74, 6) is 5.89. The van der Waals surface area contributed by atoms with Crippen LogP contribution in [-0.2, 0) is 10.0 Å². The van der Waals surface area contributed by atoms with Gasteiger partial charge >= 0.3 is 0 Å². The number of rotatable bonds is 8. The minimum atomic E-state index is -3.90. The monoisotopic (exact) mass is 334 g/mol. The highest BCUT2D eigenvalue weighted by Gasteiger charge is 2.24. The van der Waals surface area contributed by atoms with E-state index in [1.165, 1.54) is 23.9 Å². The maximum atomic E-state index is 12.4. The molecule has 1 aromatic carbocycles. The van der Waals surface area contributed by atoms with Gasteiger partial charge in [-0.1, -0.05) is 6.92 Å². The molecule has 0 aliphatic heterocycles. The fourth-order valence-corrected chi connectivity index (χ4v) is 4.02. The van der Waals surface area contributed by atoms with E-state index in [-0.39, 0.29) is 22.3 Å². The number of hydrogen-bond acceptors (Lipinski definition) is 7. The zero-order valence-corrected chi connectivity index (χ0v) is 13.3. The molecule has 8 nitrogen and oxygen atoms in total. The Labute approximate surface area is 127 Å². The fraction of sp³-hybridized carbons (Fsp3) is 0.455. The molecule has 0 fully saturated rings. The first kappa shape index (κ1) is 17.7. The van der Waals surface area contributed by atoms with E-state index in [0.717, 1.165) is 6.07 Å². The van der Waals surface area contributed by atoms with Crippen LogP contribution in [0.15, 0.2) is 23.1 Å². The molecule has 1 atom stereocenters. The Morgan fingerprint density at radius 2 is 2.14 bits per heavy atom. The normalized spacial score (nSPS) is 12.9. The van der Waals surface area contributed by atoms with E-state index in [0.29, 0.717) is 12.2 Å². The van der Waals surface area contributed by atoms with Crippen LogP contribution in [0.4, 0.5) is 11.4 Å². The van der Waals surface area contributed by atoms with Gasteiger partial charge in [0, 0.05) is 23.9 Å². The molecule has 0 spiro atoms. The van der Waals surface area contributed by atoms with Crippen LogP contribution < -0.4 is 16.0 Å². The second-order valence-corrected chi connectivity index (χ2v) is 6.86. The molecule has 0 radical (unpaired) electrons. The molecule has 0 aliphatic carbocycles. The van der Waals surface area contributed by atoms with Crippen LogP contribution in [0.3, 0.4) is 0 Å². The van der Waals surface area contributed by atoms with Crippen molar-refractivity contribution in [2.75, 3.05) is 17.4 Å². The van der Waals surface area contributed by atoms with Gasteiger partial charge in [0.05, 0.1) is 10.6 Å². The van der Waals surface area contributed by atoms with E-state index < -0.39 is 14.9 Å². The number of thioether (sulfide) groups is 1. The third-order valence-corrected chi connectivity index (χ3v) is 5.10. The number of nitrogens with two attached hydrogens (primary N) is 1. The quantitative estimate of drug-likeness (QED) is 0.371. The molecule has 10 heteroatoms. The molecule has 4 N–H and O–H groups in total. The number of nitrogens with zero attached hydrogens (tertiary/aromatic N) is 1. The van der Waals surface area contributed by atoms with Crippen LogP contribution in [-0.4, -0.2) is 31.4 Å². The molecule has 1 aromatic rings. The molecule has 118 valence electrons. The van der Waals surface area contributed by atoms with E-state index >= 15 is 0 Å². The summed E-state index contributed by atoms with van der Waals surface area (Å²) in [6, 6.07) is 3.19. The Kier molecular flexibility index (Phi) is 6.40. The van der Waals surface area contributed by atoms with Crippen LogP contribution in [0.2, 0.25) is 0 Å². The number of nitro groups is 1. The summed E-state index contributed by atoms with van der Waals surface area (Å²) >= 11 is 1.51. The first-order valence-electron chi connectivity index (χ1n) is 6.12. The third-order valence-electron chi connectivity index (χ3n) is 2.80. The van der Waals surface area contributed by atoms with Crippen molar-refractivity contribution in [2.45, 2.75) is 24.3 Å². The molecular weight excluding hydrogens is 316 g/mol. The minimum Gasteiger partial charge on any atom is -0.323 e. The Morgan fingerprint density at radius 3 is 2.62 bits per heavy atom. The second kappa shape index (κ2) is 7.59. The molecule has 0 aromatic heterocycles. The zero-order valence-electron chi connectivity index (χ0n) is 11.7. The Bertz CT molecular complexity index is 606. The highest BCUT2D eigenvalue weighted by atomic mass is 32.2. The van der Waals surface area contributed by atoms with Gasteiger partial charge in [0.25, 0.3) is 5.69 Å². The first-order valence-corrected chi connectivity index (χ1v) is 8.99. The summed E-state index contributed by atoms with van der Waals surface area (Å²) in [7, 11) is -3.90. The van der Waals surface area contributed by atoms with Gasteiger partial charge in [-0.25, -0.2) is 13.1 Å². The number of anilines is 1. The molecule has 0 aliphatic rings. The lowest BCUT2D eigenvalue weighted by Gasteiger charge is -2.17. The van der Waals surface area contributed by atoms with E-state index in [4.69, 9.17) is 5.84 Å². The maximum Gasteiger partial charge on any atom is 0.270 e. The first-order chi connectivity index (χ1) is 9.85. The molecule has 21 heavy (non-hydrogen) atoms. The van der Waals surface area contributed by atoms with Crippen LogP contribution >= 0.6 is 11.8 Å². The highest BCUT2D eigenvalue weighted by Crippen LogP contribution is 2.26. The van der Waals surface area contributed by atoms with E-state index in [1.54, 1.807) is 0 Å². The van der Waals surface area contributed by atoms with Gasteiger partial charge in [-0.15, -0.1) is 0 Å². The van der Waals surface area contributed by atoms with Crippen LogP contribution in [0.25, 0.3) is 0 Å². The van der Waals surface area contributed by atoms with Crippen molar-refractivity contribution < 1.29 is 13.3 Å². The molecule has 0 saturated carbocycles. The van der Waals surface area contributed by atoms with Gasteiger partial charge in [0.1, 0.15) is 4.90 Å². The van der Waals surface area contributed by atoms with Crippen molar-refractivity contribution in [3.63, 3.8) is 0 Å². The molecule has 0 bridgehead atoms. The fourth-order valence-electron chi connectivity index (χ4n) is 1.69. The lowest BCUT2D eigenvalue weighted by atomic mass is 10.3. The summed E-state index contributed by atoms with van der Waals surface area (Å²) < 4.78 is 27.3. The van der Waals surface area contributed by atoms with Crippen molar-refractivity contribution in [1.29, 1.82) is 0 Å². The summed E-state index contributed by atoms with van der Waals surface area (Å²) in [6.45, 7) is 1.86. The summed E-state index contributed by atoms with van der Waals surface area (Å²) in [4.78, 5) is 9.90. The van der Waals surface area contributed by atoms with Crippen molar-refractivity contribution >= 4 is 33.2 Å². The van der Waals surface area contributed by atoms with Crippen molar-refractivity contribution in [1.82, 2.24) is 4.72 Å². The number of sulfonamides is 1. The predicted octanol–water partition coefficient (Wildman–Crippen LogP) is 1.30. The Balaban J connectivity index is 3.22. The van der Waals surface area contributed by atoms with Crippen LogP contribution in [0.1, 0.15) is 13.3 Å². The topological polar surface area (TPSA) is 127 Å². The van der Waals surface area contributed by atoms with Gasteiger partial charge in [-0.3, -0.25) is 16.0 Å². The van der Waals surface area contributed by atoms with Crippen LogP contribution in [0.5, 0.6) is 0 Å². The number of nitro benzene ring substituents is 1. The average Bonchev–Trinajstić information content (AvgIpc) is 2.45. The van der Waals surface area contributed by atoms with Crippen molar-refractivity contribution in [3.05, 3.63) is 28.3 Å². The SMILES string of the molecule is CCC(CSC)NS(=O)(=O)c1cc([N+](=O)[O-])ccc1NN. The smallest absolute Gasteiger partial charge is 0.270 e. The molecule has 1 rings (SSSR count). The minimum absolute atomic E-state index is 0.104. The van der Waals surface area contributed by atoms with Crippen molar-refractivity contribution in [3.8, 4) is 0 Å². The van der Waals surface area contributed by atoms with Crippen molar-refractivity contribution in [2.24, 2.45) is 5.84 Å². The number of hydrogen-bond donors (Lipinski definition) is 3. The predicted molar refractivity (Wildman–Crippen MR) is 83.7 cm³/mol. The summed E-state index contributed by atoms with van der Waals surface area (Å²) in [6.07, 6.45) is 2.48. The number of benzene rings is 1. The standard InChI is InChI=1S/C11H18N4O4S2/c1-3-8(7-20-2)14-21(18,19)11-6-9(15(16)17)4-5-10(11)13-12/h4-6,8,13-14H,3,7,12H2,1-2H3. The summed E-state index contributed by atoms with van der Waals surface area (Å²) in [5.41, 5.74) is 2.04. The zero-order chi connectivity index (χ0) is 16.0. The average molecular weight is 334 g/mol. The largest absolute Gasteiger partial charge is 0.323 e. The third kappa shape index (κ3) is 4.56. The van der Waals surface area contributed by atoms with Gasteiger partial charge in [0.15, 0.2) is 0 Å². The number of hydrazine groups is 1. The highest BCUT2D eigenvalue weighted by molar-refractivity contribution is 7.98. The van der Waals surface area contributed by atoms with Gasteiger partial charge in [0.2, 0.25) is 10.0 Å². The molecule has 0 saturated heterocycles. The molecule has 0 heterocycles. The molecular formula is C11H18N4O4S2. The van der Waals surface area contributed by atoms with E-state index in [1.807, 2.05) is 13.2 Å². The van der Waals surface area contributed by atoms with Gasteiger partial charge in [-0.05, 0) is 18.7 Å². The number of nitrogens with one attached hydrogen (secondary N) is 2. The molecule has 0 amide bonds.